The van der Waals surface area contributed by atoms with Crippen LogP contribution < -0.4 is 11.1 Å². The fourth-order valence-electron chi connectivity index (χ4n) is 1.70. The molecule has 2 aromatic rings. The lowest BCUT2D eigenvalue weighted by Gasteiger charge is -2.08. The van der Waals surface area contributed by atoms with Gasteiger partial charge in [-0.15, -0.1) is 0 Å². The molecule has 3 N–H and O–H groups in total. The van der Waals surface area contributed by atoms with E-state index in [2.05, 4.69) is 10.3 Å². The van der Waals surface area contributed by atoms with Gasteiger partial charge in [-0.25, -0.2) is 9.37 Å². The minimum absolute atomic E-state index is 0.140. The van der Waals surface area contributed by atoms with Gasteiger partial charge in [-0.1, -0.05) is 0 Å². The van der Waals surface area contributed by atoms with E-state index >= 15 is 0 Å². The zero-order valence-corrected chi connectivity index (χ0v) is 10.3. The van der Waals surface area contributed by atoms with Crippen molar-refractivity contribution in [3.05, 3.63) is 42.7 Å². The molecule has 0 saturated carbocycles. The second-order valence-corrected chi connectivity index (χ2v) is 4.18. The van der Waals surface area contributed by atoms with Crippen LogP contribution in [0.3, 0.4) is 0 Å². The van der Waals surface area contributed by atoms with E-state index in [0.29, 0.717) is 18.5 Å². The largest absolute Gasteiger partial charge is 0.397 e. The minimum Gasteiger partial charge on any atom is -0.397 e. The second kappa shape index (κ2) is 5.99. The molecule has 0 fully saturated rings. The summed E-state index contributed by atoms with van der Waals surface area (Å²) in [6.07, 6.45) is 6.31. The maximum absolute atomic E-state index is 12.8. The molecule has 0 unspecified atom stereocenters. The molecule has 1 aromatic carbocycles. The Kier molecular flexibility index (Phi) is 4.12. The third-order valence-corrected chi connectivity index (χ3v) is 2.67. The average molecular weight is 262 g/mol. The van der Waals surface area contributed by atoms with E-state index in [9.17, 15) is 9.18 Å². The Hall–Kier alpha value is -2.37. The summed E-state index contributed by atoms with van der Waals surface area (Å²) in [5.41, 5.74) is 6.27. The average Bonchev–Trinajstić information content (AvgIpc) is 2.86. The van der Waals surface area contributed by atoms with E-state index < -0.39 is 5.82 Å². The fraction of sp³-hybridized carbons (Fsp3) is 0.231. The molecule has 0 aliphatic rings. The first kappa shape index (κ1) is 13.1. The first-order chi connectivity index (χ1) is 9.15. The molecule has 0 bridgehead atoms. The number of nitrogens with zero attached hydrogens (tertiary/aromatic N) is 2. The van der Waals surface area contributed by atoms with Crippen molar-refractivity contribution in [2.45, 2.75) is 19.4 Å². The molecule has 1 aromatic heterocycles. The van der Waals surface area contributed by atoms with Crippen LogP contribution in [0.1, 0.15) is 12.8 Å². The number of nitrogens with two attached hydrogens (primary N) is 1. The number of amides is 1. The standard InChI is InChI=1S/C13H15FN4O/c14-10-3-4-12(11(15)8-10)17-13(19)2-1-6-18-7-5-16-9-18/h3-5,7-9H,1-2,6,15H2,(H,17,19). The van der Waals surface area contributed by atoms with E-state index in [4.69, 9.17) is 5.73 Å². The van der Waals surface area contributed by atoms with Crippen molar-refractivity contribution in [3.8, 4) is 0 Å². The van der Waals surface area contributed by atoms with E-state index in [0.717, 1.165) is 6.54 Å². The van der Waals surface area contributed by atoms with Gasteiger partial charge in [0.25, 0.3) is 0 Å². The van der Waals surface area contributed by atoms with Crippen LogP contribution in [0, 0.1) is 5.82 Å². The lowest BCUT2D eigenvalue weighted by Crippen LogP contribution is -2.13. The second-order valence-electron chi connectivity index (χ2n) is 4.18. The molecular weight excluding hydrogens is 247 g/mol. The van der Waals surface area contributed by atoms with Crippen molar-refractivity contribution in [1.29, 1.82) is 0 Å². The SMILES string of the molecule is Nc1cc(F)ccc1NC(=O)CCCn1ccnc1. The smallest absolute Gasteiger partial charge is 0.224 e. The van der Waals surface area contributed by atoms with Crippen LogP contribution >= 0.6 is 0 Å². The summed E-state index contributed by atoms with van der Waals surface area (Å²) in [5, 5.41) is 2.66. The number of aromatic nitrogens is 2. The highest BCUT2D eigenvalue weighted by Gasteiger charge is 2.06. The first-order valence-electron chi connectivity index (χ1n) is 5.96. The number of anilines is 2. The highest BCUT2D eigenvalue weighted by Crippen LogP contribution is 2.19. The Morgan fingerprint density at radius 1 is 1.47 bits per heavy atom. The Balaban J connectivity index is 1.80. The van der Waals surface area contributed by atoms with E-state index in [1.54, 1.807) is 12.5 Å². The van der Waals surface area contributed by atoms with Crippen molar-refractivity contribution in [3.63, 3.8) is 0 Å². The molecule has 0 aliphatic carbocycles. The maximum Gasteiger partial charge on any atom is 0.224 e. The van der Waals surface area contributed by atoms with Crippen LogP contribution in [0.4, 0.5) is 15.8 Å². The van der Waals surface area contributed by atoms with Gasteiger partial charge >= 0.3 is 0 Å². The third-order valence-electron chi connectivity index (χ3n) is 2.67. The molecule has 0 spiro atoms. The summed E-state index contributed by atoms with van der Waals surface area (Å²) in [6, 6.07) is 3.90. The van der Waals surface area contributed by atoms with E-state index in [1.807, 2.05) is 10.8 Å². The highest BCUT2D eigenvalue weighted by atomic mass is 19.1. The number of carbonyl (C=O) groups excluding carboxylic acids is 1. The number of hydrogen-bond acceptors (Lipinski definition) is 3. The summed E-state index contributed by atoms with van der Waals surface area (Å²) in [5.74, 6) is -0.561. The minimum atomic E-state index is -0.421. The molecule has 1 amide bonds. The van der Waals surface area contributed by atoms with Crippen LogP contribution in [0.15, 0.2) is 36.9 Å². The lowest BCUT2D eigenvalue weighted by molar-refractivity contribution is -0.116. The maximum atomic E-state index is 12.8. The van der Waals surface area contributed by atoms with Gasteiger partial charge in [0, 0.05) is 25.4 Å². The molecule has 0 aliphatic heterocycles. The molecule has 6 heteroatoms. The first-order valence-corrected chi connectivity index (χ1v) is 5.96. The number of hydrogen-bond donors (Lipinski definition) is 2. The normalized spacial score (nSPS) is 10.4. The Morgan fingerprint density at radius 3 is 3.00 bits per heavy atom. The molecule has 100 valence electrons. The van der Waals surface area contributed by atoms with E-state index in [-0.39, 0.29) is 11.6 Å². The number of aryl methyl sites for hydroxylation is 1. The molecule has 0 atom stereocenters. The quantitative estimate of drug-likeness (QED) is 0.810. The summed E-state index contributed by atoms with van der Waals surface area (Å²) < 4.78 is 14.7. The number of carbonyl (C=O) groups is 1. The van der Waals surface area contributed by atoms with Crippen molar-refractivity contribution in [1.82, 2.24) is 9.55 Å². The van der Waals surface area contributed by atoms with Crippen LogP contribution in [-0.4, -0.2) is 15.5 Å². The number of imidazole rings is 1. The molecule has 2 rings (SSSR count). The van der Waals surface area contributed by atoms with Crippen molar-refractivity contribution >= 4 is 17.3 Å². The monoisotopic (exact) mass is 262 g/mol. The van der Waals surface area contributed by atoms with Crippen molar-refractivity contribution in [2.75, 3.05) is 11.1 Å². The van der Waals surface area contributed by atoms with Crippen LogP contribution in [0.25, 0.3) is 0 Å². The van der Waals surface area contributed by atoms with E-state index in [1.165, 1.54) is 18.2 Å². The Morgan fingerprint density at radius 2 is 2.32 bits per heavy atom. The summed E-state index contributed by atoms with van der Waals surface area (Å²) in [4.78, 5) is 15.6. The van der Waals surface area contributed by atoms with Gasteiger partial charge < -0.3 is 15.6 Å². The Bertz CT molecular complexity index is 554. The number of rotatable bonds is 5. The van der Waals surface area contributed by atoms with Gasteiger partial charge in [-0.3, -0.25) is 4.79 Å². The number of nitrogen functional groups attached to an aromatic ring is 1. The van der Waals surface area contributed by atoms with Crippen LogP contribution in [0.5, 0.6) is 0 Å². The molecule has 5 nitrogen and oxygen atoms in total. The zero-order chi connectivity index (χ0) is 13.7. The fourth-order valence-corrected chi connectivity index (χ4v) is 1.70. The van der Waals surface area contributed by atoms with Gasteiger partial charge in [0.1, 0.15) is 5.82 Å². The number of nitrogens with one attached hydrogen (secondary N) is 1. The number of halogens is 1. The zero-order valence-electron chi connectivity index (χ0n) is 10.3. The molecule has 1 heterocycles. The van der Waals surface area contributed by atoms with Crippen LogP contribution in [0.2, 0.25) is 0 Å². The summed E-state index contributed by atoms with van der Waals surface area (Å²) in [6.45, 7) is 0.728. The topological polar surface area (TPSA) is 72.9 Å². The van der Waals surface area contributed by atoms with Gasteiger partial charge in [0.05, 0.1) is 17.7 Å². The number of benzene rings is 1. The lowest BCUT2D eigenvalue weighted by atomic mass is 10.2. The summed E-state index contributed by atoms with van der Waals surface area (Å²) in [7, 11) is 0. The molecule has 0 radical (unpaired) electrons. The van der Waals surface area contributed by atoms with Crippen molar-refractivity contribution < 1.29 is 9.18 Å². The molecule has 0 saturated heterocycles. The Labute approximate surface area is 110 Å². The van der Waals surface area contributed by atoms with Gasteiger partial charge in [0.2, 0.25) is 5.91 Å². The highest BCUT2D eigenvalue weighted by molar-refractivity contribution is 5.93. The molecule has 19 heavy (non-hydrogen) atoms. The van der Waals surface area contributed by atoms with Gasteiger partial charge in [-0.05, 0) is 24.6 Å². The predicted octanol–water partition coefficient (Wildman–Crippen LogP) is 2.02. The predicted molar refractivity (Wildman–Crippen MR) is 70.9 cm³/mol. The third kappa shape index (κ3) is 3.80. The molecular formula is C13H15FN4O. The van der Waals surface area contributed by atoms with Crippen molar-refractivity contribution in [2.24, 2.45) is 0 Å². The van der Waals surface area contributed by atoms with Crippen LogP contribution in [-0.2, 0) is 11.3 Å². The van der Waals surface area contributed by atoms with Gasteiger partial charge in [0.15, 0.2) is 0 Å². The summed E-state index contributed by atoms with van der Waals surface area (Å²) >= 11 is 0. The van der Waals surface area contributed by atoms with Gasteiger partial charge in [-0.2, -0.15) is 0 Å².